The van der Waals surface area contributed by atoms with Crippen LogP contribution in [0.4, 0.5) is 5.69 Å². The van der Waals surface area contributed by atoms with Gasteiger partial charge in [0.15, 0.2) is 5.69 Å². The number of aromatic hydroxyl groups is 1. The molecule has 2 aromatic heterocycles. The molecule has 0 aliphatic heterocycles. The molecule has 0 radical (unpaired) electrons. The Kier molecular flexibility index (Phi) is 6.03. The van der Waals surface area contributed by atoms with Gasteiger partial charge in [0.1, 0.15) is 12.1 Å². The third-order valence-electron chi connectivity index (χ3n) is 5.42. The number of rotatable bonds is 8. The molecule has 9 heteroatoms. The third kappa shape index (κ3) is 4.17. The minimum atomic E-state index is -0.477. The van der Waals surface area contributed by atoms with Crippen LogP contribution in [0, 0.1) is 0 Å². The van der Waals surface area contributed by atoms with Gasteiger partial charge in [0.05, 0.1) is 11.0 Å². The predicted octanol–water partition coefficient (Wildman–Crippen LogP) is 3.74. The molecular weight excluding hydrogens is 394 g/mol. The van der Waals surface area contributed by atoms with Crippen LogP contribution in [0.1, 0.15) is 13.8 Å². The van der Waals surface area contributed by atoms with E-state index in [0.717, 1.165) is 36.1 Å². The van der Waals surface area contributed by atoms with Crippen molar-refractivity contribution in [2.24, 2.45) is 10.2 Å². The molecule has 9 nitrogen and oxygen atoms in total. The molecule has 0 aliphatic rings. The van der Waals surface area contributed by atoms with Gasteiger partial charge in [-0.15, -0.1) is 15.3 Å². The summed E-state index contributed by atoms with van der Waals surface area (Å²) < 4.78 is 3.31. The molecular formula is C22H25N7O2. The topological polar surface area (TPSA) is 101 Å². The van der Waals surface area contributed by atoms with E-state index in [2.05, 4.69) is 39.3 Å². The van der Waals surface area contributed by atoms with Gasteiger partial charge in [0.2, 0.25) is 5.88 Å². The van der Waals surface area contributed by atoms with Crippen LogP contribution >= 0.6 is 0 Å². The normalized spacial score (nSPS) is 12.0. The van der Waals surface area contributed by atoms with E-state index in [-0.39, 0.29) is 12.4 Å². The molecule has 0 fully saturated rings. The van der Waals surface area contributed by atoms with Crippen LogP contribution in [-0.2, 0) is 17.9 Å². The van der Waals surface area contributed by atoms with E-state index in [0.29, 0.717) is 17.7 Å². The number of azo groups is 1. The van der Waals surface area contributed by atoms with Gasteiger partial charge in [-0.1, -0.05) is 49.4 Å². The fourth-order valence-electron chi connectivity index (χ4n) is 3.68. The summed E-state index contributed by atoms with van der Waals surface area (Å²) in [4.78, 5) is 14.7. The highest BCUT2D eigenvalue weighted by molar-refractivity contribution is 5.95. The Morgan fingerprint density at radius 3 is 2.55 bits per heavy atom. The summed E-state index contributed by atoms with van der Waals surface area (Å²) in [6.07, 6.45) is 0. The molecule has 0 atom stereocenters. The molecule has 31 heavy (non-hydrogen) atoms. The molecule has 160 valence electrons. The maximum absolute atomic E-state index is 12.4. The van der Waals surface area contributed by atoms with Crippen LogP contribution in [0.5, 0.6) is 5.88 Å². The second-order valence-corrected chi connectivity index (χ2v) is 7.20. The van der Waals surface area contributed by atoms with E-state index in [1.807, 2.05) is 53.1 Å². The number of carbonyl (C=O) groups excluding carboxylic acids is 1. The van der Waals surface area contributed by atoms with Crippen molar-refractivity contribution in [3.8, 4) is 5.88 Å². The van der Waals surface area contributed by atoms with Crippen LogP contribution in [0.3, 0.4) is 0 Å². The molecule has 4 aromatic rings. The fourth-order valence-corrected chi connectivity index (χ4v) is 3.68. The first kappa shape index (κ1) is 20.7. The van der Waals surface area contributed by atoms with Crippen molar-refractivity contribution < 1.29 is 9.90 Å². The van der Waals surface area contributed by atoms with E-state index >= 15 is 0 Å². The minimum Gasteiger partial charge on any atom is -0.493 e. The summed E-state index contributed by atoms with van der Waals surface area (Å²) in [5.74, 6) is -0.467. The number of benzene rings is 2. The molecule has 0 saturated carbocycles. The summed E-state index contributed by atoms with van der Waals surface area (Å²) in [5, 5.41) is 27.6. The van der Waals surface area contributed by atoms with E-state index in [1.54, 1.807) is 0 Å². The summed E-state index contributed by atoms with van der Waals surface area (Å²) in [6.45, 7) is 7.44. The highest BCUT2D eigenvalue weighted by atomic mass is 16.3. The molecule has 2 aromatic carbocycles. The lowest BCUT2D eigenvalue weighted by molar-refractivity contribution is -0.119. The highest BCUT2D eigenvalue weighted by Crippen LogP contribution is 2.38. The van der Waals surface area contributed by atoms with Crippen molar-refractivity contribution in [1.29, 1.82) is 0 Å². The van der Waals surface area contributed by atoms with Gasteiger partial charge in [-0.2, -0.15) is 0 Å². The SMILES string of the molecule is CCN(CC)CCn1c(O)c(N=NC(=O)Cn2nnc3ccccc32)c2ccccc21. The Morgan fingerprint density at radius 1 is 1.06 bits per heavy atom. The molecule has 0 unspecified atom stereocenters. The number of likely N-dealkylation sites (N-methyl/N-ethyl adjacent to an activating group) is 1. The Hall–Kier alpha value is -3.59. The molecule has 1 amide bonds. The third-order valence-corrected chi connectivity index (χ3v) is 5.42. The number of hydrogen-bond donors (Lipinski definition) is 1. The van der Waals surface area contributed by atoms with Gasteiger partial charge in [0.25, 0.3) is 5.91 Å². The summed E-state index contributed by atoms with van der Waals surface area (Å²) in [5.41, 5.74) is 2.62. The zero-order chi connectivity index (χ0) is 21.8. The predicted molar refractivity (Wildman–Crippen MR) is 118 cm³/mol. The number of hydrogen-bond acceptors (Lipinski definition) is 6. The molecule has 0 spiro atoms. The minimum absolute atomic E-state index is 0.0103. The van der Waals surface area contributed by atoms with Crippen LogP contribution in [-0.4, -0.2) is 55.1 Å². The van der Waals surface area contributed by atoms with Gasteiger partial charge >= 0.3 is 0 Å². The molecule has 1 N–H and O–H groups in total. The molecule has 4 rings (SSSR count). The van der Waals surface area contributed by atoms with Crippen molar-refractivity contribution in [1.82, 2.24) is 24.5 Å². The quantitative estimate of drug-likeness (QED) is 0.439. The van der Waals surface area contributed by atoms with Crippen molar-refractivity contribution in [2.75, 3.05) is 19.6 Å². The van der Waals surface area contributed by atoms with Crippen molar-refractivity contribution in [3.63, 3.8) is 0 Å². The van der Waals surface area contributed by atoms with Gasteiger partial charge < -0.3 is 14.6 Å². The zero-order valence-electron chi connectivity index (χ0n) is 17.6. The second-order valence-electron chi connectivity index (χ2n) is 7.20. The monoisotopic (exact) mass is 419 g/mol. The van der Waals surface area contributed by atoms with Crippen molar-refractivity contribution in [3.05, 3.63) is 48.5 Å². The first-order valence-corrected chi connectivity index (χ1v) is 10.4. The average molecular weight is 419 g/mol. The standard InChI is InChI=1S/C22H25N7O2/c1-3-27(4-2)13-14-28-18-11-7-5-9-16(18)21(22(28)31)25-24-20(30)15-29-19-12-8-6-10-17(19)23-26-29/h5-12,31H,3-4,13-15H2,1-2H3. The fraction of sp³-hybridized carbons (Fsp3) is 0.318. The van der Waals surface area contributed by atoms with Gasteiger partial charge in [-0.3, -0.25) is 4.79 Å². The molecule has 2 heterocycles. The van der Waals surface area contributed by atoms with Crippen LogP contribution in [0.2, 0.25) is 0 Å². The number of para-hydroxylation sites is 2. The Labute approximate surface area is 179 Å². The Bertz CT molecular complexity index is 1240. The first-order chi connectivity index (χ1) is 15.1. The lowest BCUT2D eigenvalue weighted by Crippen LogP contribution is -2.26. The van der Waals surface area contributed by atoms with E-state index in [1.165, 1.54) is 4.68 Å². The smallest absolute Gasteiger partial charge is 0.286 e. The van der Waals surface area contributed by atoms with Crippen LogP contribution in [0.25, 0.3) is 21.9 Å². The lowest BCUT2D eigenvalue weighted by Gasteiger charge is -2.18. The van der Waals surface area contributed by atoms with Crippen molar-refractivity contribution in [2.45, 2.75) is 26.9 Å². The number of carbonyl (C=O) groups is 1. The number of amides is 1. The van der Waals surface area contributed by atoms with Gasteiger partial charge in [0, 0.05) is 18.5 Å². The molecule has 0 bridgehead atoms. The van der Waals surface area contributed by atoms with E-state index in [4.69, 9.17) is 0 Å². The highest BCUT2D eigenvalue weighted by Gasteiger charge is 2.17. The number of fused-ring (bicyclic) bond motifs is 2. The largest absolute Gasteiger partial charge is 0.493 e. The zero-order valence-corrected chi connectivity index (χ0v) is 17.6. The maximum Gasteiger partial charge on any atom is 0.286 e. The summed E-state index contributed by atoms with van der Waals surface area (Å²) >= 11 is 0. The number of aromatic nitrogens is 4. The first-order valence-electron chi connectivity index (χ1n) is 10.4. The maximum atomic E-state index is 12.4. The van der Waals surface area contributed by atoms with Gasteiger partial charge in [-0.25, -0.2) is 4.68 Å². The Balaban J connectivity index is 1.58. The second kappa shape index (κ2) is 9.05. The number of nitrogens with zero attached hydrogens (tertiary/aromatic N) is 7. The van der Waals surface area contributed by atoms with E-state index in [9.17, 15) is 9.90 Å². The average Bonchev–Trinajstić information content (AvgIpc) is 3.31. The van der Waals surface area contributed by atoms with E-state index < -0.39 is 5.91 Å². The van der Waals surface area contributed by atoms with Gasteiger partial charge in [-0.05, 0) is 31.3 Å². The molecule has 0 saturated heterocycles. The Morgan fingerprint density at radius 2 is 1.77 bits per heavy atom. The summed E-state index contributed by atoms with van der Waals surface area (Å²) in [6, 6.07) is 15.0. The van der Waals surface area contributed by atoms with Crippen molar-refractivity contribution >= 4 is 33.5 Å². The lowest BCUT2D eigenvalue weighted by atomic mass is 10.2. The van der Waals surface area contributed by atoms with Crippen LogP contribution in [0.15, 0.2) is 58.8 Å². The molecule has 0 aliphatic carbocycles. The van der Waals surface area contributed by atoms with Crippen LogP contribution < -0.4 is 0 Å². The summed E-state index contributed by atoms with van der Waals surface area (Å²) in [7, 11) is 0.